The molecule has 0 aromatic heterocycles. The third-order valence-corrected chi connectivity index (χ3v) is 3.67. The minimum Gasteiger partial charge on any atom is -0.377 e. The van der Waals surface area contributed by atoms with E-state index in [-0.39, 0.29) is 6.61 Å². The fraction of sp³-hybridized carbons (Fsp3) is 1.00. The minimum atomic E-state index is -1.27. The first-order valence-corrected chi connectivity index (χ1v) is 7.86. The molecule has 1 nitrogen and oxygen atoms in total. The topological polar surface area (TPSA) is 9.23 Å². The van der Waals surface area contributed by atoms with Crippen molar-refractivity contribution in [3.05, 3.63) is 0 Å². The lowest BCUT2D eigenvalue weighted by Crippen LogP contribution is -2.18. The van der Waals surface area contributed by atoms with E-state index in [1.165, 1.54) is 57.8 Å². The van der Waals surface area contributed by atoms with Gasteiger partial charge in [-0.3, -0.25) is 0 Å². The fourth-order valence-electron chi connectivity index (χ4n) is 2.40. The lowest BCUT2D eigenvalue weighted by atomic mass is 9.93. The molecule has 0 amide bonds. The third-order valence-electron chi connectivity index (χ3n) is 3.34. The summed E-state index contributed by atoms with van der Waals surface area (Å²) in [7, 11) is 0. The zero-order chi connectivity index (χ0) is 12.6. The molecule has 1 saturated carbocycles. The molecule has 0 heterocycles. The summed E-state index contributed by atoms with van der Waals surface area (Å²) in [5.74, 6) is 0.653. The lowest BCUT2D eigenvalue weighted by Gasteiger charge is -2.20. The van der Waals surface area contributed by atoms with Gasteiger partial charge in [0.1, 0.15) is 0 Å². The van der Waals surface area contributed by atoms with Gasteiger partial charge >= 0.3 is 0 Å². The maximum atomic E-state index is 5.66. The van der Waals surface area contributed by atoms with Crippen LogP contribution in [0.3, 0.4) is 0 Å². The quantitative estimate of drug-likeness (QED) is 0.624. The Morgan fingerprint density at radius 1 is 0.824 bits per heavy atom. The van der Waals surface area contributed by atoms with Crippen molar-refractivity contribution in [1.29, 1.82) is 0 Å². The van der Waals surface area contributed by atoms with Gasteiger partial charge in [-0.05, 0) is 18.8 Å². The molecule has 1 aliphatic rings. The maximum absolute atomic E-state index is 5.66. The molecule has 0 atom stereocenters. The lowest BCUT2D eigenvalue weighted by molar-refractivity contribution is 0.0942. The molecule has 1 aliphatic carbocycles. The predicted molar refractivity (Wildman–Crippen MR) is 76.2 cm³/mol. The van der Waals surface area contributed by atoms with Gasteiger partial charge in [0.25, 0.3) is 0 Å². The average Bonchev–Trinajstić information content (AvgIpc) is 2.25. The molecule has 0 bridgehead atoms. The van der Waals surface area contributed by atoms with Crippen LogP contribution in [-0.2, 0) is 4.74 Å². The Morgan fingerprint density at radius 3 is 1.76 bits per heavy atom. The summed E-state index contributed by atoms with van der Waals surface area (Å²) in [6.07, 6.45) is 12.1. The summed E-state index contributed by atoms with van der Waals surface area (Å²) in [4.78, 5) is 0. The van der Waals surface area contributed by atoms with Crippen LogP contribution < -0.4 is 0 Å². The Bertz CT molecular complexity index is 182. The van der Waals surface area contributed by atoms with E-state index in [4.69, 9.17) is 39.5 Å². The van der Waals surface area contributed by atoms with Gasteiger partial charge in [-0.2, -0.15) is 0 Å². The molecule has 0 radical (unpaired) electrons. The highest BCUT2D eigenvalue weighted by Gasteiger charge is 2.20. The summed E-state index contributed by atoms with van der Waals surface area (Å²) in [5, 5.41) is 0. The molecule has 0 aliphatic heterocycles. The highest BCUT2D eigenvalue weighted by atomic mass is 35.6. The van der Waals surface area contributed by atoms with Gasteiger partial charge in [-0.1, -0.05) is 79.7 Å². The molecule has 1 rings (SSSR count). The minimum absolute atomic E-state index is 0.203. The molecule has 17 heavy (non-hydrogen) atoms. The van der Waals surface area contributed by atoms with E-state index in [9.17, 15) is 0 Å². The molecule has 0 N–H and O–H groups in total. The highest BCUT2D eigenvalue weighted by molar-refractivity contribution is 6.67. The molecule has 0 saturated heterocycles. The smallest absolute Gasteiger partial charge is 0.213 e. The van der Waals surface area contributed by atoms with Crippen LogP contribution in [0.1, 0.15) is 57.8 Å². The van der Waals surface area contributed by atoms with Gasteiger partial charge in [0, 0.05) is 6.61 Å². The van der Waals surface area contributed by atoms with Crippen molar-refractivity contribution < 1.29 is 4.74 Å². The monoisotopic (exact) mass is 300 g/mol. The third kappa shape index (κ3) is 9.41. The van der Waals surface area contributed by atoms with Crippen molar-refractivity contribution in [2.24, 2.45) is 5.92 Å². The molecule has 0 unspecified atom stereocenters. The van der Waals surface area contributed by atoms with Crippen molar-refractivity contribution in [2.45, 2.75) is 61.6 Å². The number of hydrogen-bond acceptors (Lipinski definition) is 1. The molecular formula is C13H23Cl3O. The summed E-state index contributed by atoms with van der Waals surface area (Å²) in [5.41, 5.74) is 0. The average molecular weight is 302 g/mol. The van der Waals surface area contributed by atoms with E-state index in [0.717, 1.165) is 6.61 Å². The summed E-state index contributed by atoms with van der Waals surface area (Å²) in [6.45, 7) is 0.947. The summed E-state index contributed by atoms with van der Waals surface area (Å²) < 4.78 is 4.24. The molecule has 0 aromatic carbocycles. The van der Waals surface area contributed by atoms with E-state index in [1.54, 1.807) is 0 Å². The van der Waals surface area contributed by atoms with Crippen molar-refractivity contribution in [2.75, 3.05) is 13.2 Å². The van der Waals surface area contributed by atoms with Gasteiger partial charge in [-0.25, -0.2) is 0 Å². The Labute approximate surface area is 120 Å². The number of ether oxygens (including phenoxy) is 1. The maximum Gasteiger partial charge on any atom is 0.213 e. The van der Waals surface area contributed by atoms with E-state index in [0.29, 0.717) is 5.92 Å². The second-order valence-corrected chi connectivity index (χ2v) is 7.56. The van der Waals surface area contributed by atoms with E-state index < -0.39 is 3.79 Å². The molecule has 1 fully saturated rings. The van der Waals surface area contributed by atoms with Crippen LogP contribution in [0.4, 0.5) is 0 Å². The van der Waals surface area contributed by atoms with E-state index >= 15 is 0 Å². The molecule has 4 heteroatoms. The first-order valence-electron chi connectivity index (χ1n) is 6.72. The van der Waals surface area contributed by atoms with Crippen LogP contribution in [0.5, 0.6) is 0 Å². The zero-order valence-electron chi connectivity index (χ0n) is 10.4. The molecule has 0 spiro atoms. The first-order chi connectivity index (χ1) is 8.08. The van der Waals surface area contributed by atoms with E-state index in [2.05, 4.69) is 0 Å². The van der Waals surface area contributed by atoms with Gasteiger partial charge in [-0.15, -0.1) is 0 Å². The zero-order valence-corrected chi connectivity index (χ0v) is 12.7. The van der Waals surface area contributed by atoms with Gasteiger partial charge < -0.3 is 4.74 Å². The van der Waals surface area contributed by atoms with Gasteiger partial charge in [0.05, 0.1) is 6.61 Å². The second-order valence-electron chi connectivity index (χ2n) is 5.05. The Morgan fingerprint density at radius 2 is 1.29 bits per heavy atom. The Balaban J connectivity index is 2.18. The fourth-order valence-corrected chi connectivity index (χ4v) is 2.63. The van der Waals surface area contributed by atoms with E-state index in [1.807, 2.05) is 0 Å². The molecule has 0 aromatic rings. The van der Waals surface area contributed by atoms with Crippen LogP contribution >= 0.6 is 34.8 Å². The van der Waals surface area contributed by atoms with Crippen LogP contribution in [-0.4, -0.2) is 17.0 Å². The second kappa shape index (κ2) is 8.85. The molecule has 102 valence electrons. The normalized spacial score (nSPS) is 21.4. The molecular weight excluding hydrogens is 279 g/mol. The largest absolute Gasteiger partial charge is 0.377 e. The van der Waals surface area contributed by atoms with Gasteiger partial charge in [0.15, 0.2) is 0 Å². The van der Waals surface area contributed by atoms with Crippen molar-refractivity contribution >= 4 is 34.8 Å². The SMILES string of the molecule is ClC(Cl)(Cl)COCC1CCCCCCCCC1. The number of alkyl halides is 3. The van der Waals surface area contributed by atoms with Crippen molar-refractivity contribution in [1.82, 2.24) is 0 Å². The standard InChI is InChI=1S/C13H23Cl3O/c14-13(15,16)11-17-10-12-8-6-4-2-1-3-5-7-9-12/h12H,1-11H2. The highest BCUT2D eigenvalue weighted by Crippen LogP contribution is 2.27. The predicted octanol–water partition coefficient (Wildman–Crippen LogP) is 5.51. The first kappa shape index (κ1) is 15.9. The van der Waals surface area contributed by atoms with Gasteiger partial charge in [0.2, 0.25) is 3.79 Å². The summed E-state index contributed by atoms with van der Waals surface area (Å²) in [6, 6.07) is 0. The van der Waals surface area contributed by atoms with Crippen molar-refractivity contribution in [3.63, 3.8) is 0 Å². The van der Waals surface area contributed by atoms with Crippen LogP contribution in [0.15, 0.2) is 0 Å². The van der Waals surface area contributed by atoms with Crippen molar-refractivity contribution in [3.8, 4) is 0 Å². The number of hydrogen-bond donors (Lipinski definition) is 0. The van der Waals surface area contributed by atoms with Crippen LogP contribution in [0.25, 0.3) is 0 Å². The Hall–Kier alpha value is 0.830. The Kier molecular flexibility index (Phi) is 8.27. The van der Waals surface area contributed by atoms with Crippen LogP contribution in [0, 0.1) is 5.92 Å². The number of rotatable bonds is 3. The number of halogens is 3. The summed E-state index contributed by atoms with van der Waals surface area (Å²) >= 11 is 17.0. The van der Waals surface area contributed by atoms with Crippen LogP contribution in [0.2, 0.25) is 0 Å².